The standard InChI is InChI=1S/C19H27N3O3S/c1-4-5-7-10-19(23)20-17-15-16(11-12-18(17)21(2)3)26(24,25)22-13-8-6-9-14-22/h4-5,7,10-12,15H,6,8-9,13-14H2,1-3H3,(H,20,23). The van der Waals surface area contributed by atoms with E-state index in [2.05, 4.69) is 5.32 Å². The van der Waals surface area contributed by atoms with Crippen LogP contribution in [-0.2, 0) is 14.8 Å². The summed E-state index contributed by atoms with van der Waals surface area (Å²) < 4.78 is 27.3. The molecule has 1 amide bonds. The number of carbonyl (C=O) groups excluding carboxylic acids is 1. The Bertz CT molecular complexity index is 792. The van der Waals surface area contributed by atoms with E-state index in [4.69, 9.17) is 0 Å². The Morgan fingerprint density at radius 2 is 1.85 bits per heavy atom. The Kier molecular flexibility index (Phi) is 6.99. The molecule has 0 aliphatic carbocycles. The highest BCUT2D eigenvalue weighted by atomic mass is 32.2. The quantitative estimate of drug-likeness (QED) is 0.611. The fourth-order valence-corrected chi connectivity index (χ4v) is 4.39. The van der Waals surface area contributed by atoms with Gasteiger partial charge in [-0.15, -0.1) is 0 Å². The topological polar surface area (TPSA) is 69.7 Å². The number of allylic oxidation sites excluding steroid dienone is 3. The van der Waals surface area contributed by atoms with E-state index in [1.807, 2.05) is 32.0 Å². The van der Waals surface area contributed by atoms with Gasteiger partial charge in [-0.2, -0.15) is 4.31 Å². The molecular formula is C19H27N3O3S. The van der Waals surface area contributed by atoms with E-state index >= 15 is 0 Å². The van der Waals surface area contributed by atoms with Crippen molar-refractivity contribution in [2.45, 2.75) is 31.1 Å². The van der Waals surface area contributed by atoms with Crippen LogP contribution in [0.5, 0.6) is 0 Å². The van der Waals surface area contributed by atoms with Crippen LogP contribution in [0, 0.1) is 0 Å². The number of hydrogen-bond acceptors (Lipinski definition) is 4. The minimum absolute atomic E-state index is 0.206. The minimum Gasteiger partial charge on any atom is -0.376 e. The molecule has 1 aliphatic heterocycles. The number of nitrogens with one attached hydrogen (secondary N) is 1. The highest BCUT2D eigenvalue weighted by Crippen LogP contribution is 2.30. The third kappa shape index (κ3) is 4.95. The molecule has 2 rings (SSSR count). The first-order chi connectivity index (χ1) is 12.4. The Morgan fingerprint density at radius 3 is 2.46 bits per heavy atom. The molecule has 0 aromatic heterocycles. The molecule has 1 aliphatic rings. The lowest BCUT2D eigenvalue weighted by Gasteiger charge is -2.26. The molecule has 1 aromatic rings. The van der Waals surface area contributed by atoms with Crippen molar-refractivity contribution in [2.75, 3.05) is 37.4 Å². The summed E-state index contributed by atoms with van der Waals surface area (Å²) in [6.45, 7) is 2.96. The van der Waals surface area contributed by atoms with Crippen LogP contribution in [0.3, 0.4) is 0 Å². The van der Waals surface area contributed by atoms with Crippen molar-refractivity contribution in [1.82, 2.24) is 4.31 Å². The van der Waals surface area contributed by atoms with E-state index in [9.17, 15) is 13.2 Å². The van der Waals surface area contributed by atoms with Crippen molar-refractivity contribution in [2.24, 2.45) is 0 Å². The van der Waals surface area contributed by atoms with E-state index in [0.717, 1.165) is 24.9 Å². The van der Waals surface area contributed by atoms with Crippen molar-refractivity contribution in [3.63, 3.8) is 0 Å². The van der Waals surface area contributed by atoms with Crippen LogP contribution >= 0.6 is 0 Å². The van der Waals surface area contributed by atoms with Crippen LogP contribution in [0.2, 0.25) is 0 Å². The number of rotatable bonds is 6. The molecule has 1 heterocycles. The van der Waals surface area contributed by atoms with E-state index in [0.29, 0.717) is 18.8 Å². The van der Waals surface area contributed by atoms with Gasteiger partial charge in [0.25, 0.3) is 0 Å². The lowest BCUT2D eigenvalue weighted by Crippen LogP contribution is -2.35. The molecule has 0 unspecified atom stereocenters. The fourth-order valence-electron chi connectivity index (χ4n) is 2.85. The summed E-state index contributed by atoms with van der Waals surface area (Å²) in [6.07, 6.45) is 9.45. The zero-order valence-electron chi connectivity index (χ0n) is 15.6. The summed E-state index contributed by atoms with van der Waals surface area (Å²) in [5.41, 5.74) is 1.22. The van der Waals surface area contributed by atoms with E-state index < -0.39 is 10.0 Å². The molecule has 1 aromatic carbocycles. The third-order valence-electron chi connectivity index (χ3n) is 4.21. The highest BCUT2D eigenvalue weighted by molar-refractivity contribution is 7.89. The number of piperidine rings is 1. The molecular weight excluding hydrogens is 350 g/mol. The monoisotopic (exact) mass is 377 g/mol. The first-order valence-corrected chi connectivity index (χ1v) is 10.2. The van der Waals surface area contributed by atoms with Gasteiger partial charge in [0.2, 0.25) is 15.9 Å². The Balaban J connectivity index is 2.34. The second-order valence-electron chi connectivity index (χ2n) is 6.41. The number of amides is 1. The molecule has 1 saturated heterocycles. The molecule has 0 radical (unpaired) electrons. The predicted octanol–water partition coefficient (Wildman–Crippen LogP) is 3.00. The lowest BCUT2D eigenvalue weighted by atomic mass is 10.2. The second-order valence-corrected chi connectivity index (χ2v) is 8.35. The Labute approximate surface area is 156 Å². The first kappa shape index (κ1) is 20.2. The van der Waals surface area contributed by atoms with Crippen molar-refractivity contribution in [3.8, 4) is 0 Å². The van der Waals surface area contributed by atoms with Crippen LogP contribution in [-0.4, -0.2) is 45.8 Å². The Morgan fingerprint density at radius 1 is 1.15 bits per heavy atom. The molecule has 1 N–H and O–H groups in total. The number of hydrogen-bond donors (Lipinski definition) is 1. The fraction of sp³-hybridized carbons (Fsp3) is 0.421. The number of anilines is 2. The van der Waals surface area contributed by atoms with E-state index in [1.54, 1.807) is 30.4 Å². The van der Waals surface area contributed by atoms with Crippen LogP contribution in [0.25, 0.3) is 0 Å². The molecule has 6 nitrogen and oxygen atoms in total. The summed E-state index contributed by atoms with van der Waals surface area (Å²) in [5.74, 6) is -0.307. The van der Waals surface area contributed by atoms with Gasteiger partial charge in [0.05, 0.1) is 16.3 Å². The van der Waals surface area contributed by atoms with Crippen molar-refractivity contribution in [1.29, 1.82) is 0 Å². The second kappa shape index (κ2) is 9.00. The average Bonchev–Trinajstić information content (AvgIpc) is 2.62. The number of nitrogens with zero attached hydrogens (tertiary/aromatic N) is 2. The maximum absolute atomic E-state index is 12.9. The maximum atomic E-state index is 12.9. The summed E-state index contributed by atoms with van der Waals surface area (Å²) >= 11 is 0. The SMILES string of the molecule is CC=CC=CC(=O)Nc1cc(S(=O)(=O)N2CCCCC2)ccc1N(C)C. The molecule has 7 heteroatoms. The van der Waals surface area contributed by atoms with Gasteiger partial charge in [-0.05, 0) is 38.0 Å². The smallest absolute Gasteiger partial charge is 0.248 e. The normalized spacial score (nSPS) is 16.3. The molecule has 0 atom stereocenters. The zero-order chi connectivity index (χ0) is 19.2. The van der Waals surface area contributed by atoms with Crippen LogP contribution < -0.4 is 10.2 Å². The molecule has 142 valence electrons. The number of carbonyl (C=O) groups is 1. The van der Waals surface area contributed by atoms with Crippen LogP contribution in [0.4, 0.5) is 11.4 Å². The third-order valence-corrected chi connectivity index (χ3v) is 6.11. The van der Waals surface area contributed by atoms with Crippen LogP contribution in [0.1, 0.15) is 26.2 Å². The van der Waals surface area contributed by atoms with Crippen molar-refractivity contribution < 1.29 is 13.2 Å². The summed E-state index contributed by atoms with van der Waals surface area (Å²) in [7, 11) is 0.144. The maximum Gasteiger partial charge on any atom is 0.248 e. The van der Waals surface area contributed by atoms with Gasteiger partial charge in [0.15, 0.2) is 0 Å². The minimum atomic E-state index is -3.55. The average molecular weight is 378 g/mol. The van der Waals surface area contributed by atoms with Crippen molar-refractivity contribution >= 4 is 27.3 Å². The predicted molar refractivity (Wildman–Crippen MR) is 106 cm³/mol. The van der Waals surface area contributed by atoms with Gasteiger partial charge in [-0.25, -0.2) is 8.42 Å². The number of benzene rings is 1. The van der Waals surface area contributed by atoms with Gasteiger partial charge in [-0.1, -0.05) is 24.6 Å². The highest BCUT2D eigenvalue weighted by Gasteiger charge is 2.26. The van der Waals surface area contributed by atoms with Gasteiger partial charge >= 0.3 is 0 Å². The largest absolute Gasteiger partial charge is 0.376 e. The van der Waals surface area contributed by atoms with Crippen LogP contribution in [0.15, 0.2) is 47.4 Å². The van der Waals surface area contributed by atoms with Crippen molar-refractivity contribution in [3.05, 3.63) is 42.5 Å². The van der Waals surface area contributed by atoms with E-state index in [-0.39, 0.29) is 10.8 Å². The lowest BCUT2D eigenvalue weighted by molar-refractivity contribution is -0.111. The molecule has 26 heavy (non-hydrogen) atoms. The Hall–Kier alpha value is -2.12. The molecule has 1 fully saturated rings. The summed E-state index contributed by atoms with van der Waals surface area (Å²) in [6, 6.07) is 4.87. The van der Waals surface area contributed by atoms with Gasteiger partial charge in [0, 0.05) is 33.3 Å². The summed E-state index contributed by atoms with van der Waals surface area (Å²) in [4.78, 5) is 14.2. The van der Waals surface area contributed by atoms with E-state index in [1.165, 1.54) is 10.4 Å². The first-order valence-electron chi connectivity index (χ1n) is 8.78. The van der Waals surface area contributed by atoms with Gasteiger partial charge < -0.3 is 10.2 Å². The zero-order valence-corrected chi connectivity index (χ0v) is 16.4. The molecule has 0 saturated carbocycles. The molecule has 0 bridgehead atoms. The van der Waals surface area contributed by atoms with Gasteiger partial charge in [-0.3, -0.25) is 4.79 Å². The molecule has 0 spiro atoms. The number of sulfonamides is 1. The summed E-state index contributed by atoms with van der Waals surface area (Å²) in [5, 5.41) is 2.78. The van der Waals surface area contributed by atoms with Gasteiger partial charge in [0.1, 0.15) is 0 Å².